The molecule has 3 rings (SSSR count). The lowest BCUT2D eigenvalue weighted by Crippen LogP contribution is -2.09. The monoisotopic (exact) mass is 436 g/mol. The van der Waals surface area contributed by atoms with E-state index >= 15 is 0 Å². The highest BCUT2D eigenvalue weighted by Gasteiger charge is 2.18. The summed E-state index contributed by atoms with van der Waals surface area (Å²) in [5, 5.41) is 18.3. The van der Waals surface area contributed by atoms with E-state index < -0.39 is 0 Å². The predicted molar refractivity (Wildman–Crippen MR) is 120 cm³/mol. The van der Waals surface area contributed by atoms with Gasteiger partial charge in [0.15, 0.2) is 28.3 Å². The summed E-state index contributed by atoms with van der Waals surface area (Å²) < 4.78 is 12.8. The number of Topliss-reactive ketones (excluding diaryl/α,β-unsaturated/α-hetero) is 1. The third kappa shape index (κ3) is 5.25. The number of methoxy groups -OCH3 is 2. The van der Waals surface area contributed by atoms with E-state index in [2.05, 4.69) is 30.1 Å². The van der Waals surface area contributed by atoms with Crippen molar-refractivity contribution in [3.8, 4) is 29.0 Å². The molecule has 3 aromatic rings. The van der Waals surface area contributed by atoms with Crippen LogP contribution < -0.4 is 9.47 Å². The molecular weight excluding hydrogens is 412 g/mol. The zero-order valence-electron chi connectivity index (χ0n) is 18.0. The van der Waals surface area contributed by atoms with Crippen LogP contribution in [0.3, 0.4) is 0 Å². The zero-order chi connectivity index (χ0) is 22.4. The third-order valence-corrected chi connectivity index (χ3v) is 5.54. The number of hydrogen-bond acceptors (Lipinski definition) is 7. The first-order chi connectivity index (χ1) is 15.0. The van der Waals surface area contributed by atoms with Gasteiger partial charge in [-0.05, 0) is 36.2 Å². The largest absolute Gasteiger partial charge is 0.493 e. The average molecular weight is 437 g/mol. The van der Waals surface area contributed by atoms with Gasteiger partial charge in [-0.2, -0.15) is 5.26 Å². The van der Waals surface area contributed by atoms with Gasteiger partial charge in [0.1, 0.15) is 0 Å². The fourth-order valence-electron chi connectivity index (χ4n) is 3.06. The highest BCUT2D eigenvalue weighted by molar-refractivity contribution is 7.99. The molecule has 0 atom stereocenters. The summed E-state index contributed by atoms with van der Waals surface area (Å²) in [7, 11) is 3.19. The van der Waals surface area contributed by atoms with E-state index in [0.29, 0.717) is 46.1 Å². The van der Waals surface area contributed by atoms with E-state index in [0.717, 1.165) is 5.56 Å². The molecule has 0 bridgehead atoms. The van der Waals surface area contributed by atoms with Gasteiger partial charge in [-0.1, -0.05) is 37.7 Å². The van der Waals surface area contributed by atoms with Crippen molar-refractivity contribution in [3.63, 3.8) is 0 Å². The summed E-state index contributed by atoms with van der Waals surface area (Å²) in [5.41, 5.74) is 1.96. The van der Waals surface area contributed by atoms with Crippen molar-refractivity contribution in [2.24, 2.45) is 5.92 Å². The van der Waals surface area contributed by atoms with Crippen LogP contribution in [-0.4, -0.2) is 40.5 Å². The number of ketones is 1. The molecule has 1 heterocycles. The van der Waals surface area contributed by atoms with Gasteiger partial charge in [-0.25, -0.2) is 0 Å². The first-order valence-corrected chi connectivity index (χ1v) is 10.8. The van der Waals surface area contributed by atoms with Crippen LogP contribution in [0.1, 0.15) is 29.8 Å². The maximum absolute atomic E-state index is 12.6. The summed E-state index contributed by atoms with van der Waals surface area (Å²) in [6, 6.07) is 14.3. The molecule has 0 N–H and O–H groups in total. The number of carbonyl (C=O) groups excluding carboxylic acids is 1. The second-order valence-electron chi connectivity index (χ2n) is 7.28. The Morgan fingerprint density at radius 3 is 2.42 bits per heavy atom. The molecule has 0 radical (unpaired) electrons. The first-order valence-electron chi connectivity index (χ1n) is 9.78. The average Bonchev–Trinajstić information content (AvgIpc) is 3.18. The van der Waals surface area contributed by atoms with Crippen LogP contribution in [0.15, 0.2) is 47.6 Å². The molecule has 0 unspecified atom stereocenters. The van der Waals surface area contributed by atoms with Crippen LogP contribution in [0.4, 0.5) is 0 Å². The minimum absolute atomic E-state index is 0.0266. The predicted octanol–water partition coefficient (Wildman–Crippen LogP) is 4.46. The number of rotatable bonds is 9. The SMILES string of the molecule is COc1ccc(-c2nnc(SCC(=O)c3ccc(C#N)cc3)n2CC(C)C)cc1OC. The van der Waals surface area contributed by atoms with Gasteiger partial charge >= 0.3 is 0 Å². The number of ether oxygens (including phenoxy) is 2. The molecule has 0 saturated heterocycles. The highest BCUT2D eigenvalue weighted by Crippen LogP contribution is 2.33. The number of carbonyl (C=O) groups is 1. The zero-order valence-corrected chi connectivity index (χ0v) is 18.8. The molecule has 0 aliphatic rings. The molecule has 2 aromatic carbocycles. The number of hydrogen-bond donors (Lipinski definition) is 0. The topological polar surface area (TPSA) is 90.0 Å². The quantitative estimate of drug-likeness (QED) is 0.361. The molecule has 0 spiro atoms. The molecule has 8 heteroatoms. The maximum Gasteiger partial charge on any atom is 0.191 e. The van der Waals surface area contributed by atoms with Crippen molar-refractivity contribution in [1.29, 1.82) is 5.26 Å². The van der Waals surface area contributed by atoms with E-state index in [1.165, 1.54) is 11.8 Å². The fourth-order valence-corrected chi connectivity index (χ4v) is 3.90. The van der Waals surface area contributed by atoms with Crippen LogP contribution in [0.25, 0.3) is 11.4 Å². The maximum atomic E-state index is 12.6. The van der Waals surface area contributed by atoms with E-state index in [1.54, 1.807) is 38.5 Å². The van der Waals surface area contributed by atoms with Gasteiger partial charge in [-0.3, -0.25) is 4.79 Å². The fraction of sp³-hybridized carbons (Fsp3) is 0.304. The van der Waals surface area contributed by atoms with E-state index in [9.17, 15) is 4.79 Å². The lowest BCUT2D eigenvalue weighted by Gasteiger charge is -2.14. The molecule has 0 aliphatic carbocycles. The Morgan fingerprint density at radius 2 is 1.81 bits per heavy atom. The standard InChI is InChI=1S/C23H24N4O3S/c1-15(2)13-27-22(18-9-10-20(29-3)21(11-18)30-4)25-26-23(27)31-14-19(28)17-7-5-16(12-24)6-8-17/h5-11,15H,13-14H2,1-4H3. The number of aromatic nitrogens is 3. The Hall–Kier alpha value is -3.31. The van der Waals surface area contributed by atoms with Crippen molar-refractivity contribution in [2.75, 3.05) is 20.0 Å². The molecular formula is C23H24N4O3S. The Bertz CT molecular complexity index is 1100. The molecule has 0 aliphatic heterocycles. The summed E-state index contributed by atoms with van der Waals surface area (Å²) in [6.45, 7) is 4.95. The summed E-state index contributed by atoms with van der Waals surface area (Å²) in [5.74, 6) is 2.54. The smallest absolute Gasteiger partial charge is 0.191 e. The number of thioether (sulfide) groups is 1. The summed E-state index contributed by atoms with van der Waals surface area (Å²) in [4.78, 5) is 12.6. The molecule has 1 aromatic heterocycles. The Labute approximate surface area is 186 Å². The van der Waals surface area contributed by atoms with Crippen molar-refractivity contribution in [2.45, 2.75) is 25.5 Å². The van der Waals surface area contributed by atoms with Gasteiger partial charge in [0.05, 0.1) is 31.6 Å². The van der Waals surface area contributed by atoms with Crippen molar-refractivity contribution >= 4 is 17.5 Å². The van der Waals surface area contributed by atoms with E-state index in [4.69, 9.17) is 14.7 Å². The van der Waals surface area contributed by atoms with Crippen LogP contribution in [0, 0.1) is 17.2 Å². The van der Waals surface area contributed by atoms with E-state index in [1.807, 2.05) is 22.8 Å². The van der Waals surface area contributed by atoms with Crippen molar-refractivity contribution in [1.82, 2.24) is 14.8 Å². The normalized spacial score (nSPS) is 10.7. The molecule has 0 saturated carbocycles. The number of nitriles is 1. The Balaban J connectivity index is 1.85. The molecule has 0 amide bonds. The van der Waals surface area contributed by atoms with Gasteiger partial charge in [0.25, 0.3) is 0 Å². The Kier molecular flexibility index (Phi) is 7.32. The molecule has 160 valence electrons. The minimum Gasteiger partial charge on any atom is -0.493 e. The molecule has 7 nitrogen and oxygen atoms in total. The van der Waals surface area contributed by atoms with Gasteiger partial charge in [0.2, 0.25) is 0 Å². The summed E-state index contributed by atoms with van der Waals surface area (Å²) >= 11 is 1.35. The van der Waals surface area contributed by atoms with Crippen LogP contribution in [0.5, 0.6) is 11.5 Å². The first kappa shape index (κ1) is 22.4. The lowest BCUT2D eigenvalue weighted by atomic mass is 10.1. The summed E-state index contributed by atoms with van der Waals surface area (Å²) in [6.07, 6.45) is 0. The lowest BCUT2D eigenvalue weighted by molar-refractivity contribution is 0.102. The van der Waals surface area contributed by atoms with Crippen molar-refractivity contribution in [3.05, 3.63) is 53.6 Å². The molecule has 31 heavy (non-hydrogen) atoms. The highest BCUT2D eigenvalue weighted by atomic mass is 32.2. The minimum atomic E-state index is -0.0266. The third-order valence-electron chi connectivity index (χ3n) is 4.57. The van der Waals surface area contributed by atoms with Crippen LogP contribution in [0.2, 0.25) is 0 Å². The van der Waals surface area contributed by atoms with Gasteiger partial charge < -0.3 is 14.0 Å². The van der Waals surface area contributed by atoms with Crippen LogP contribution in [-0.2, 0) is 6.54 Å². The van der Waals surface area contributed by atoms with Gasteiger partial charge in [0, 0.05) is 17.7 Å². The van der Waals surface area contributed by atoms with Crippen molar-refractivity contribution < 1.29 is 14.3 Å². The second-order valence-corrected chi connectivity index (χ2v) is 8.22. The number of benzene rings is 2. The molecule has 0 fully saturated rings. The number of nitrogens with zero attached hydrogens (tertiary/aromatic N) is 4. The second kappa shape index (κ2) is 10.1. The van der Waals surface area contributed by atoms with Crippen LogP contribution >= 0.6 is 11.8 Å². The Morgan fingerprint density at radius 1 is 1.10 bits per heavy atom. The van der Waals surface area contributed by atoms with Gasteiger partial charge in [-0.15, -0.1) is 10.2 Å². The van der Waals surface area contributed by atoms with E-state index in [-0.39, 0.29) is 11.5 Å².